The number of amides is 2. The van der Waals surface area contributed by atoms with Crippen LogP contribution in [0.25, 0.3) is 0 Å². The number of carbonyl (C=O) groups is 3. The summed E-state index contributed by atoms with van der Waals surface area (Å²) in [5.74, 6) is -6.95. The molecule has 10 heteroatoms. The molecule has 29 heavy (non-hydrogen) atoms. The van der Waals surface area contributed by atoms with Crippen molar-refractivity contribution in [2.24, 2.45) is 0 Å². The second-order valence-electron chi connectivity index (χ2n) is 5.73. The second-order valence-corrected chi connectivity index (χ2v) is 5.73. The number of halogens is 3. The van der Waals surface area contributed by atoms with Gasteiger partial charge in [-0.05, 0) is 31.2 Å². The van der Waals surface area contributed by atoms with Crippen molar-refractivity contribution in [1.29, 1.82) is 0 Å². The van der Waals surface area contributed by atoms with Gasteiger partial charge in [-0.15, -0.1) is 0 Å². The van der Waals surface area contributed by atoms with Crippen molar-refractivity contribution in [3.05, 3.63) is 59.4 Å². The lowest BCUT2D eigenvalue weighted by molar-refractivity contribution is -0.152. The summed E-state index contributed by atoms with van der Waals surface area (Å²) in [4.78, 5) is 35.9. The number of hydrogen-bond donors (Lipinski definition) is 2. The molecule has 2 amide bonds. The highest BCUT2D eigenvalue weighted by Gasteiger charge is 2.22. The fourth-order valence-corrected chi connectivity index (χ4v) is 2.23. The van der Waals surface area contributed by atoms with E-state index in [2.05, 4.69) is 5.32 Å². The smallest absolute Gasteiger partial charge is 0.326 e. The maximum absolute atomic E-state index is 13.6. The monoisotopic (exact) mass is 410 g/mol. The van der Waals surface area contributed by atoms with E-state index in [0.29, 0.717) is 11.8 Å². The third-order valence-electron chi connectivity index (χ3n) is 3.72. The van der Waals surface area contributed by atoms with Crippen LogP contribution < -0.4 is 15.4 Å². The molecule has 0 aliphatic rings. The van der Waals surface area contributed by atoms with Gasteiger partial charge in [-0.25, -0.2) is 13.2 Å². The van der Waals surface area contributed by atoms with Gasteiger partial charge in [0.2, 0.25) is 0 Å². The van der Waals surface area contributed by atoms with E-state index in [1.165, 1.54) is 20.1 Å². The van der Waals surface area contributed by atoms with E-state index in [0.717, 1.165) is 6.07 Å². The van der Waals surface area contributed by atoms with Crippen molar-refractivity contribution in [3.63, 3.8) is 0 Å². The van der Waals surface area contributed by atoms with Crippen LogP contribution in [0, 0.1) is 17.5 Å². The molecule has 0 unspecified atom stereocenters. The summed E-state index contributed by atoms with van der Waals surface area (Å²) in [5, 5.41) is 4.30. The Bertz CT molecular complexity index is 936. The normalized spacial score (nSPS) is 11.3. The molecule has 2 N–H and O–H groups in total. The molecular formula is C19H17F3N2O5. The number of esters is 1. The van der Waals surface area contributed by atoms with Gasteiger partial charge in [-0.3, -0.25) is 14.4 Å². The summed E-state index contributed by atoms with van der Waals surface area (Å²) in [6.45, 7) is 0.640. The number of para-hydroxylation sites is 1. The zero-order valence-electron chi connectivity index (χ0n) is 15.4. The lowest BCUT2D eigenvalue weighted by Gasteiger charge is -2.14. The molecule has 154 valence electrons. The Hall–Kier alpha value is -3.56. The van der Waals surface area contributed by atoms with Gasteiger partial charge in [0.05, 0.1) is 18.4 Å². The number of rotatable bonds is 7. The molecule has 0 aromatic heterocycles. The van der Waals surface area contributed by atoms with E-state index in [-0.39, 0.29) is 5.56 Å². The Morgan fingerprint density at radius 3 is 2.41 bits per heavy atom. The summed E-state index contributed by atoms with van der Waals surface area (Å²) in [5.41, 5.74) is -0.413. The molecule has 0 saturated carbocycles. The maximum Gasteiger partial charge on any atom is 0.326 e. The van der Waals surface area contributed by atoms with Crippen molar-refractivity contribution in [1.82, 2.24) is 5.32 Å². The van der Waals surface area contributed by atoms with Gasteiger partial charge in [0.25, 0.3) is 11.8 Å². The average Bonchev–Trinajstić information content (AvgIpc) is 2.72. The highest BCUT2D eigenvalue weighted by Crippen LogP contribution is 2.20. The predicted octanol–water partition coefficient (Wildman–Crippen LogP) is 2.41. The zero-order chi connectivity index (χ0) is 21.6. The van der Waals surface area contributed by atoms with Crippen LogP contribution in [0.15, 0.2) is 36.4 Å². The van der Waals surface area contributed by atoms with Crippen molar-refractivity contribution in [2.75, 3.05) is 19.0 Å². The highest BCUT2D eigenvalue weighted by atomic mass is 19.2. The first-order valence-corrected chi connectivity index (χ1v) is 8.29. The Balaban J connectivity index is 1.89. The number of hydrogen-bond acceptors (Lipinski definition) is 5. The minimum Gasteiger partial charge on any atom is -0.496 e. The van der Waals surface area contributed by atoms with Crippen molar-refractivity contribution in [2.45, 2.75) is 13.0 Å². The molecule has 0 saturated heterocycles. The van der Waals surface area contributed by atoms with Crippen LogP contribution in [-0.2, 0) is 14.3 Å². The van der Waals surface area contributed by atoms with Crippen molar-refractivity contribution < 1.29 is 37.0 Å². The molecule has 7 nitrogen and oxygen atoms in total. The third kappa shape index (κ3) is 5.47. The number of benzene rings is 2. The third-order valence-corrected chi connectivity index (χ3v) is 3.72. The summed E-state index contributed by atoms with van der Waals surface area (Å²) >= 11 is 0. The number of carbonyl (C=O) groups excluding carboxylic acids is 3. The molecule has 2 rings (SSSR count). The topological polar surface area (TPSA) is 93.7 Å². The Morgan fingerprint density at radius 1 is 1.03 bits per heavy atom. The first kappa shape index (κ1) is 21.7. The first-order valence-electron chi connectivity index (χ1n) is 8.29. The van der Waals surface area contributed by atoms with Crippen LogP contribution in [0.3, 0.4) is 0 Å². The summed E-state index contributed by atoms with van der Waals surface area (Å²) in [7, 11) is 1.39. The summed E-state index contributed by atoms with van der Waals surface area (Å²) in [6, 6.07) is 7.80. The van der Waals surface area contributed by atoms with Crippen molar-refractivity contribution in [3.8, 4) is 5.75 Å². The van der Waals surface area contributed by atoms with Gasteiger partial charge in [0, 0.05) is 0 Å². The minimum atomic E-state index is -1.74. The molecule has 0 heterocycles. The Morgan fingerprint density at radius 2 is 1.72 bits per heavy atom. The Kier molecular flexibility index (Phi) is 7.18. The lowest BCUT2D eigenvalue weighted by Crippen LogP contribution is -2.36. The molecule has 1 atom stereocenters. The van der Waals surface area contributed by atoms with Crippen LogP contribution in [0.4, 0.5) is 18.9 Å². The molecular weight excluding hydrogens is 393 g/mol. The lowest BCUT2D eigenvalue weighted by atomic mass is 10.2. The SMILES string of the molecule is COc1ccccc1C(=O)NCC(=O)O[C@H](C)C(=O)Nc1ccc(F)c(F)c1F. The van der Waals surface area contributed by atoms with E-state index in [4.69, 9.17) is 9.47 Å². The molecule has 0 aliphatic heterocycles. The Labute approximate surface area is 163 Å². The minimum absolute atomic E-state index is 0.197. The fraction of sp³-hybridized carbons (Fsp3) is 0.211. The number of ether oxygens (including phenoxy) is 2. The molecule has 0 spiro atoms. The fourth-order valence-electron chi connectivity index (χ4n) is 2.23. The van der Waals surface area contributed by atoms with Gasteiger partial charge < -0.3 is 20.1 Å². The number of nitrogens with one attached hydrogen (secondary N) is 2. The van der Waals surface area contributed by atoms with Gasteiger partial charge >= 0.3 is 5.97 Å². The molecule has 0 fully saturated rings. The zero-order valence-corrected chi connectivity index (χ0v) is 15.4. The van der Waals surface area contributed by atoms with Gasteiger partial charge in [0.1, 0.15) is 12.3 Å². The molecule has 0 bridgehead atoms. The van der Waals surface area contributed by atoms with E-state index in [1.807, 2.05) is 5.32 Å². The number of methoxy groups -OCH3 is 1. The largest absolute Gasteiger partial charge is 0.496 e. The predicted molar refractivity (Wildman–Crippen MR) is 95.8 cm³/mol. The van der Waals surface area contributed by atoms with Crippen LogP contribution in [0.2, 0.25) is 0 Å². The molecule has 0 aliphatic carbocycles. The van der Waals surface area contributed by atoms with Crippen LogP contribution in [0.5, 0.6) is 5.75 Å². The first-order chi connectivity index (χ1) is 13.7. The molecule has 2 aromatic carbocycles. The van der Waals surface area contributed by atoms with E-state index in [1.54, 1.807) is 18.2 Å². The molecule has 2 aromatic rings. The summed E-state index contributed by atoms with van der Waals surface area (Å²) in [6.07, 6.45) is -1.39. The van der Waals surface area contributed by atoms with E-state index >= 15 is 0 Å². The van der Waals surface area contributed by atoms with Gasteiger partial charge in [-0.1, -0.05) is 12.1 Å². The maximum atomic E-state index is 13.6. The van der Waals surface area contributed by atoms with Gasteiger partial charge in [-0.2, -0.15) is 0 Å². The number of anilines is 1. The average molecular weight is 410 g/mol. The standard InChI is InChI=1S/C19H17F3N2O5/c1-10(18(26)24-13-8-7-12(20)16(21)17(13)22)29-15(25)9-23-19(27)11-5-3-4-6-14(11)28-2/h3-8,10H,9H2,1-2H3,(H,23,27)(H,24,26)/t10-/m1/s1. The second kappa shape index (κ2) is 9.58. The van der Waals surface area contributed by atoms with Crippen LogP contribution in [-0.4, -0.2) is 37.5 Å². The van der Waals surface area contributed by atoms with E-state index in [9.17, 15) is 27.6 Å². The summed E-state index contributed by atoms with van der Waals surface area (Å²) < 4.78 is 49.6. The van der Waals surface area contributed by atoms with Crippen LogP contribution in [0.1, 0.15) is 17.3 Å². The van der Waals surface area contributed by atoms with E-state index < -0.39 is 53.6 Å². The quantitative estimate of drug-likeness (QED) is 0.540. The highest BCUT2D eigenvalue weighted by molar-refractivity contribution is 5.99. The van der Waals surface area contributed by atoms with Crippen molar-refractivity contribution >= 4 is 23.5 Å². The molecule has 0 radical (unpaired) electrons. The van der Waals surface area contributed by atoms with Crippen LogP contribution >= 0.6 is 0 Å². The van der Waals surface area contributed by atoms with Gasteiger partial charge in [0.15, 0.2) is 23.6 Å².